The van der Waals surface area contributed by atoms with Crippen molar-refractivity contribution in [2.24, 2.45) is 0 Å². The smallest absolute Gasteiger partial charge is 0.336 e. The van der Waals surface area contributed by atoms with E-state index in [4.69, 9.17) is 9.47 Å². The largest absolute Gasteiger partial charge is 0.489 e. The molecule has 138 valence electrons. The summed E-state index contributed by atoms with van der Waals surface area (Å²) in [5.41, 5.74) is 3.37. The standard InChI is InChI=1S/C22H21NO4/c1-15-7-5-9-17(20(15)22(24)25)14-27-18-10-6-8-16(13-18)21(26-2)19-11-3-4-12-23-19/h3-13,21H,14H2,1-2H3,(H,24,25). The van der Waals surface area contributed by atoms with E-state index in [1.54, 1.807) is 32.4 Å². The number of benzene rings is 2. The number of pyridine rings is 1. The second kappa shape index (κ2) is 8.47. The number of hydrogen-bond donors (Lipinski definition) is 1. The number of rotatable bonds is 7. The number of carboxylic acids is 1. The zero-order valence-electron chi connectivity index (χ0n) is 15.3. The van der Waals surface area contributed by atoms with Gasteiger partial charge in [0.15, 0.2) is 0 Å². The molecule has 0 amide bonds. The Balaban J connectivity index is 1.81. The first kappa shape index (κ1) is 18.6. The molecule has 3 rings (SSSR count). The normalized spacial score (nSPS) is 11.8. The summed E-state index contributed by atoms with van der Waals surface area (Å²) in [6, 6.07) is 18.6. The van der Waals surface area contributed by atoms with E-state index in [0.29, 0.717) is 16.9 Å². The summed E-state index contributed by atoms with van der Waals surface area (Å²) in [4.78, 5) is 15.9. The van der Waals surface area contributed by atoms with Gasteiger partial charge in [-0.05, 0) is 42.3 Å². The first-order valence-corrected chi connectivity index (χ1v) is 8.58. The number of nitrogens with zero attached hydrogens (tertiary/aromatic N) is 1. The molecule has 0 aliphatic carbocycles. The molecule has 1 N–H and O–H groups in total. The molecule has 1 unspecified atom stereocenters. The van der Waals surface area contributed by atoms with Crippen LogP contribution in [0.3, 0.4) is 0 Å². The Morgan fingerprint density at radius 2 is 1.93 bits per heavy atom. The fraction of sp³-hybridized carbons (Fsp3) is 0.182. The molecule has 5 nitrogen and oxygen atoms in total. The minimum Gasteiger partial charge on any atom is -0.489 e. The predicted molar refractivity (Wildman–Crippen MR) is 102 cm³/mol. The molecule has 0 radical (unpaired) electrons. The lowest BCUT2D eigenvalue weighted by Gasteiger charge is -2.17. The molecule has 0 fully saturated rings. The molecule has 0 saturated heterocycles. The van der Waals surface area contributed by atoms with Crippen LogP contribution in [0.1, 0.15) is 38.8 Å². The third kappa shape index (κ3) is 4.33. The maximum atomic E-state index is 11.5. The summed E-state index contributed by atoms with van der Waals surface area (Å²) < 4.78 is 11.5. The molecular weight excluding hydrogens is 342 g/mol. The molecule has 0 aliphatic rings. The van der Waals surface area contributed by atoms with Gasteiger partial charge in [-0.25, -0.2) is 4.79 Å². The van der Waals surface area contributed by atoms with Crippen molar-refractivity contribution in [3.05, 3.63) is 94.8 Å². The second-order valence-corrected chi connectivity index (χ2v) is 6.15. The molecule has 2 aromatic carbocycles. The van der Waals surface area contributed by atoms with E-state index in [1.165, 1.54) is 0 Å². The topological polar surface area (TPSA) is 68.7 Å². The van der Waals surface area contributed by atoms with Crippen LogP contribution in [0.5, 0.6) is 5.75 Å². The van der Waals surface area contributed by atoms with Crippen molar-refractivity contribution in [3.8, 4) is 5.75 Å². The van der Waals surface area contributed by atoms with Gasteiger partial charge in [0.05, 0.1) is 11.3 Å². The third-order valence-electron chi connectivity index (χ3n) is 4.32. The maximum Gasteiger partial charge on any atom is 0.336 e. The summed E-state index contributed by atoms with van der Waals surface area (Å²) >= 11 is 0. The van der Waals surface area contributed by atoms with Crippen LogP contribution in [-0.2, 0) is 11.3 Å². The summed E-state index contributed by atoms with van der Waals surface area (Å²) in [5, 5.41) is 9.44. The van der Waals surface area contributed by atoms with Gasteiger partial charge in [-0.15, -0.1) is 0 Å². The summed E-state index contributed by atoms with van der Waals surface area (Å²) in [6.07, 6.45) is 1.43. The molecule has 1 aromatic heterocycles. The van der Waals surface area contributed by atoms with Crippen molar-refractivity contribution in [2.45, 2.75) is 19.6 Å². The molecule has 0 aliphatic heterocycles. The molecule has 27 heavy (non-hydrogen) atoms. The van der Waals surface area contributed by atoms with Crippen molar-refractivity contribution in [1.29, 1.82) is 0 Å². The average Bonchev–Trinajstić information content (AvgIpc) is 2.68. The van der Waals surface area contributed by atoms with Crippen molar-refractivity contribution >= 4 is 5.97 Å². The molecule has 0 saturated carbocycles. The Bertz CT molecular complexity index is 925. The van der Waals surface area contributed by atoms with Crippen LogP contribution in [-0.4, -0.2) is 23.2 Å². The Hall–Kier alpha value is -3.18. The van der Waals surface area contributed by atoms with Gasteiger partial charge in [0.1, 0.15) is 18.5 Å². The fourth-order valence-electron chi connectivity index (χ4n) is 3.04. The minimum absolute atomic E-state index is 0.175. The van der Waals surface area contributed by atoms with Gasteiger partial charge in [0, 0.05) is 18.9 Å². The number of aromatic carboxylic acids is 1. The SMILES string of the molecule is COC(c1cccc(OCc2cccc(C)c2C(=O)O)c1)c1ccccn1. The molecule has 1 atom stereocenters. The zero-order chi connectivity index (χ0) is 19.2. The Labute approximate surface area is 158 Å². The lowest BCUT2D eigenvalue weighted by molar-refractivity contribution is 0.0693. The Morgan fingerprint density at radius 1 is 1.11 bits per heavy atom. The van der Waals surface area contributed by atoms with Gasteiger partial charge in [-0.1, -0.05) is 36.4 Å². The van der Waals surface area contributed by atoms with Gasteiger partial charge in [-0.2, -0.15) is 0 Å². The van der Waals surface area contributed by atoms with Crippen LogP contribution in [0.25, 0.3) is 0 Å². The van der Waals surface area contributed by atoms with E-state index in [-0.39, 0.29) is 18.3 Å². The van der Waals surface area contributed by atoms with Gasteiger partial charge in [0.25, 0.3) is 0 Å². The first-order valence-electron chi connectivity index (χ1n) is 8.58. The average molecular weight is 363 g/mol. The third-order valence-corrected chi connectivity index (χ3v) is 4.32. The van der Waals surface area contributed by atoms with Crippen molar-refractivity contribution < 1.29 is 19.4 Å². The van der Waals surface area contributed by atoms with Crippen LogP contribution >= 0.6 is 0 Å². The highest BCUT2D eigenvalue weighted by molar-refractivity contribution is 5.91. The number of carbonyl (C=O) groups is 1. The van der Waals surface area contributed by atoms with Gasteiger partial charge >= 0.3 is 5.97 Å². The lowest BCUT2D eigenvalue weighted by atomic mass is 10.0. The van der Waals surface area contributed by atoms with Crippen molar-refractivity contribution in [2.75, 3.05) is 7.11 Å². The minimum atomic E-state index is -0.949. The van der Waals surface area contributed by atoms with Gasteiger partial charge < -0.3 is 14.6 Å². The monoisotopic (exact) mass is 363 g/mol. The van der Waals surface area contributed by atoms with E-state index in [0.717, 1.165) is 11.3 Å². The molecule has 3 aromatic rings. The highest BCUT2D eigenvalue weighted by Crippen LogP contribution is 2.27. The Kier molecular flexibility index (Phi) is 5.84. The van der Waals surface area contributed by atoms with E-state index < -0.39 is 5.97 Å². The summed E-state index contributed by atoms with van der Waals surface area (Å²) in [6.45, 7) is 1.96. The predicted octanol–water partition coefficient (Wildman–Crippen LogP) is 4.40. The highest BCUT2D eigenvalue weighted by atomic mass is 16.5. The van der Waals surface area contributed by atoms with E-state index in [9.17, 15) is 9.90 Å². The molecule has 0 spiro atoms. The van der Waals surface area contributed by atoms with Crippen LogP contribution in [0, 0.1) is 6.92 Å². The van der Waals surface area contributed by atoms with Crippen molar-refractivity contribution in [1.82, 2.24) is 4.98 Å². The highest BCUT2D eigenvalue weighted by Gasteiger charge is 2.16. The number of carboxylic acid groups (broad SMARTS) is 1. The van der Waals surface area contributed by atoms with Crippen LogP contribution in [0.4, 0.5) is 0 Å². The molecule has 1 heterocycles. The maximum absolute atomic E-state index is 11.5. The van der Waals surface area contributed by atoms with Crippen LogP contribution in [0.15, 0.2) is 66.9 Å². The lowest BCUT2D eigenvalue weighted by Crippen LogP contribution is -2.08. The summed E-state index contributed by atoms with van der Waals surface area (Å²) in [7, 11) is 1.64. The van der Waals surface area contributed by atoms with Crippen LogP contribution in [0.2, 0.25) is 0 Å². The quantitative estimate of drug-likeness (QED) is 0.674. The van der Waals surface area contributed by atoms with Gasteiger partial charge in [0.2, 0.25) is 0 Å². The number of aromatic nitrogens is 1. The molecule has 0 bridgehead atoms. The van der Waals surface area contributed by atoms with Crippen LogP contribution < -0.4 is 4.74 Å². The zero-order valence-corrected chi connectivity index (χ0v) is 15.3. The number of hydrogen-bond acceptors (Lipinski definition) is 4. The number of ether oxygens (including phenoxy) is 2. The van der Waals surface area contributed by atoms with E-state index >= 15 is 0 Å². The first-order chi connectivity index (χ1) is 13.1. The number of methoxy groups -OCH3 is 1. The fourth-order valence-corrected chi connectivity index (χ4v) is 3.04. The van der Waals surface area contributed by atoms with Gasteiger partial charge in [-0.3, -0.25) is 4.98 Å². The number of aryl methyl sites for hydroxylation is 1. The molecular formula is C22H21NO4. The summed E-state index contributed by atoms with van der Waals surface area (Å²) in [5.74, 6) is -0.307. The van der Waals surface area contributed by atoms with E-state index in [2.05, 4.69) is 4.98 Å². The van der Waals surface area contributed by atoms with Crippen molar-refractivity contribution in [3.63, 3.8) is 0 Å². The Morgan fingerprint density at radius 3 is 2.63 bits per heavy atom. The van der Waals surface area contributed by atoms with E-state index in [1.807, 2.05) is 48.5 Å². The molecule has 5 heteroatoms. The second-order valence-electron chi connectivity index (χ2n) is 6.15.